The SMILES string of the molecule is Cc1c(C(=O)N(O[Si])[C@@H]2CN(C(=O)OC(C)(C)C)CCC[C@H]2O)ccc(C(C)(C)C(C)C)c1C. The molecule has 1 aromatic carbocycles. The van der Waals surface area contributed by atoms with Crippen molar-refractivity contribution in [1.29, 1.82) is 0 Å². The molecule has 0 saturated carbocycles. The van der Waals surface area contributed by atoms with Gasteiger partial charge in [-0.05, 0) is 81.5 Å². The van der Waals surface area contributed by atoms with Crippen LogP contribution in [-0.2, 0) is 14.7 Å². The molecule has 1 saturated heterocycles. The predicted octanol–water partition coefficient (Wildman–Crippen LogP) is 4.45. The topological polar surface area (TPSA) is 79.3 Å². The molecule has 2 rings (SSSR count). The second kappa shape index (κ2) is 10.8. The number of carbonyl (C=O) groups excluding carboxylic acids is 2. The van der Waals surface area contributed by atoms with Crippen LogP contribution < -0.4 is 0 Å². The molecule has 1 aliphatic rings. The average molecular weight is 490 g/mol. The quantitative estimate of drug-likeness (QED) is 0.488. The highest BCUT2D eigenvalue weighted by atomic mass is 28.2. The van der Waals surface area contributed by atoms with Gasteiger partial charge in [0.25, 0.3) is 16.4 Å². The number of likely N-dealkylation sites (tertiary alicyclic amines) is 1. The van der Waals surface area contributed by atoms with Crippen LogP contribution in [0.15, 0.2) is 12.1 Å². The minimum absolute atomic E-state index is 0.0485. The zero-order valence-electron chi connectivity index (χ0n) is 22.2. The van der Waals surface area contributed by atoms with Gasteiger partial charge in [-0.15, -0.1) is 0 Å². The first kappa shape index (κ1) is 28.3. The lowest BCUT2D eigenvalue weighted by Gasteiger charge is -2.36. The summed E-state index contributed by atoms with van der Waals surface area (Å²) in [6, 6.07) is 3.08. The molecule has 1 fully saturated rings. The molecule has 1 aliphatic heterocycles. The Balaban J connectivity index is 2.38. The van der Waals surface area contributed by atoms with E-state index in [1.807, 2.05) is 46.8 Å². The molecule has 1 aromatic rings. The van der Waals surface area contributed by atoms with Crippen LogP contribution in [-0.4, -0.2) is 68.4 Å². The van der Waals surface area contributed by atoms with E-state index >= 15 is 0 Å². The third-order valence-electron chi connectivity index (χ3n) is 7.19. The summed E-state index contributed by atoms with van der Waals surface area (Å²) in [5.74, 6) is 0.0498. The van der Waals surface area contributed by atoms with Gasteiger partial charge in [-0.3, -0.25) is 4.79 Å². The predicted molar refractivity (Wildman–Crippen MR) is 134 cm³/mol. The number of nitrogens with zero attached hydrogens (tertiary/aromatic N) is 2. The molecule has 1 N–H and O–H groups in total. The lowest BCUT2D eigenvalue weighted by molar-refractivity contribution is -0.0955. The first-order chi connectivity index (χ1) is 15.6. The Labute approximate surface area is 208 Å². The van der Waals surface area contributed by atoms with Gasteiger partial charge in [-0.1, -0.05) is 33.8 Å². The molecule has 3 radical (unpaired) electrons. The Morgan fingerprint density at radius 2 is 1.76 bits per heavy atom. The van der Waals surface area contributed by atoms with E-state index in [1.165, 1.54) is 10.5 Å². The van der Waals surface area contributed by atoms with Crippen LogP contribution in [0, 0.1) is 19.8 Å². The number of hydroxylamine groups is 2. The number of hydrogen-bond donors (Lipinski definition) is 1. The molecular weight excluding hydrogens is 448 g/mol. The summed E-state index contributed by atoms with van der Waals surface area (Å²) in [6.45, 7) is 18.7. The summed E-state index contributed by atoms with van der Waals surface area (Å²) in [6.07, 6.45) is -0.297. The normalized spacial score (nSPS) is 19.7. The summed E-state index contributed by atoms with van der Waals surface area (Å²) in [5, 5.41) is 12.0. The Hall–Kier alpha value is -1.90. The Morgan fingerprint density at radius 3 is 2.29 bits per heavy atom. The molecule has 189 valence electrons. The lowest BCUT2D eigenvalue weighted by Crippen LogP contribution is -2.52. The Morgan fingerprint density at radius 1 is 1.15 bits per heavy atom. The maximum atomic E-state index is 13.6. The number of ether oxygens (including phenoxy) is 1. The van der Waals surface area contributed by atoms with E-state index < -0.39 is 23.8 Å². The zero-order chi connectivity index (χ0) is 26.0. The van der Waals surface area contributed by atoms with E-state index in [0.29, 0.717) is 30.9 Å². The van der Waals surface area contributed by atoms with E-state index in [0.717, 1.165) is 16.2 Å². The van der Waals surface area contributed by atoms with Crippen molar-refractivity contribution in [2.45, 2.75) is 98.3 Å². The molecule has 1 heterocycles. The second-order valence-corrected chi connectivity index (χ2v) is 11.4. The third kappa shape index (κ3) is 6.20. The van der Waals surface area contributed by atoms with Crippen LogP contribution in [0.5, 0.6) is 0 Å². The number of carbonyl (C=O) groups is 2. The summed E-state index contributed by atoms with van der Waals surface area (Å²) >= 11 is 0. The van der Waals surface area contributed by atoms with Crippen molar-refractivity contribution in [1.82, 2.24) is 9.96 Å². The standard InChI is InChI=1S/C26H41N2O5Si/c1-16(2)26(8,9)20-13-12-19(17(3)18(20)4)23(30)28(33-34)21-15-27(14-10-11-22(21)29)24(31)32-25(5,6)7/h12-13,16,21-22,29H,10-11,14-15H2,1-9H3/t21-,22-/m1/s1. The van der Waals surface area contributed by atoms with Crippen molar-refractivity contribution in [2.24, 2.45) is 5.92 Å². The van der Waals surface area contributed by atoms with Gasteiger partial charge in [-0.2, -0.15) is 0 Å². The van der Waals surface area contributed by atoms with Gasteiger partial charge < -0.3 is 19.3 Å². The van der Waals surface area contributed by atoms with Crippen molar-refractivity contribution in [3.8, 4) is 0 Å². The summed E-state index contributed by atoms with van der Waals surface area (Å²) in [5.41, 5.74) is 2.95. The highest BCUT2D eigenvalue weighted by molar-refractivity contribution is 6.01. The molecule has 0 aliphatic carbocycles. The lowest BCUT2D eigenvalue weighted by atomic mass is 9.72. The number of aliphatic hydroxyl groups is 1. The first-order valence-corrected chi connectivity index (χ1v) is 12.5. The van der Waals surface area contributed by atoms with E-state index in [9.17, 15) is 14.7 Å². The maximum Gasteiger partial charge on any atom is 0.410 e. The third-order valence-corrected chi connectivity index (χ3v) is 7.38. The summed E-state index contributed by atoms with van der Waals surface area (Å²) in [4.78, 5) is 27.9. The number of benzene rings is 1. The number of rotatable bonds is 5. The minimum atomic E-state index is -0.853. The molecule has 0 bridgehead atoms. The molecular formula is C26H41N2O5Si. The highest BCUT2D eigenvalue weighted by Gasteiger charge is 2.38. The van der Waals surface area contributed by atoms with E-state index in [-0.39, 0.29) is 17.9 Å². The fourth-order valence-corrected chi connectivity index (χ4v) is 4.50. The highest BCUT2D eigenvalue weighted by Crippen LogP contribution is 2.35. The molecule has 2 amide bonds. The second-order valence-electron chi connectivity index (χ2n) is 11.2. The fraction of sp³-hybridized carbons (Fsp3) is 0.692. The minimum Gasteiger partial charge on any atom is -0.444 e. The van der Waals surface area contributed by atoms with Crippen LogP contribution in [0.3, 0.4) is 0 Å². The maximum absolute atomic E-state index is 13.6. The van der Waals surface area contributed by atoms with Crippen LogP contribution >= 0.6 is 0 Å². The molecule has 2 atom stereocenters. The monoisotopic (exact) mass is 489 g/mol. The van der Waals surface area contributed by atoms with E-state index in [4.69, 9.17) is 9.26 Å². The van der Waals surface area contributed by atoms with Gasteiger partial charge in [0.2, 0.25) is 0 Å². The molecule has 8 heteroatoms. The zero-order valence-corrected chi connectivity index (χ0v) is 23.2. The molecule has 0 aromatic heterocycles. The van der Waals surface area contributed by atoms with Gasteiger partial charge in [0.1, 0.15) is 11.6 Å². The van der Waals surface area contributed by atoms with Gasteiger partial charge in [-0.25, -0.2) is 9.86 Å². The van der Waals surface area contributed by atoms with Crippen LogP contribution in [0.4, 0.5) is 4.79 Å². The van der Waals surface area contributed by atoms with Crippen molar-refractivity contribution < 1.29 is 24.0 Å². The Bertz CT molecular complexity index is 894. The molecule has 0 unspecified atom stereocenters. The van der Waals surface area contributed by atoms with Gasteiger partial charge in [0.15, 0.2) is 0 Å². The van der Waals surface area contributed by atoms with Crippen molar-refractivity contribution in [3.63, 3.8) is 0 Å². The van der Waals surface area contributed by atoms with Crippen LogP contribution in [0.2, 0.25) is 0 Å². The Kier molecular flexibility index (Phi) is 8.99. The largest absolute Gasteiger partial charge is 0.444 e. The van der Waals surface area contributed by atoms with Gasteiger partial charge in [0.05, 0.1) is 6.10 Å². The molecule has 34 heavy (non-hydrogen) atoms. The first-order valence-electron chi connectivity index (χ1n) is 12.1. The smallest absolute Gasteiger partial charge is 0.410 e. The van der Waals surface area contributed by atoms with E-state index in [2.05, 4.69) is 38.2 Å². The average Bonchev–Trinajstić information content (AvgIpc) is 2.91. The van der Waals surface area contributed by atoms with Crippen molar-refractivity contribution in [2.75, 3.05) is 13.1 Å². The van der Waals surface area contributed by atoms with Gasteiger partial charge >= 0.3 is 6.09 Å². The number of amides is 2. The number of aliphatic hydroxyl groups excluding tert-OH is 1. The molecule has 7 nitrogen and oxygen atoms in total. The fourth-order valence-electron chi connectivity index (χ4n) is 4.29. The van der Waals surface area contributed by atoms with Crippen LogP contribution in [0.1, 0.15) is 88.4 Å². The molecule has 0 spiro atoms. The van der Waals surface area contributed by atoms with E-state index in [1.54, 1.807) is 0 Å². The summed E-state index contributed by atoms with van der Waals surface area (Å²) < 4.78 is 10.9. The number of hydrogen-bond acceptors (Lipinski definition) is 5. The van der Waals surface area contributed by atoms with Crippen LogP contribution in [0.25, 0.3) is 0 Å². The van der Waals surface area contributed by atoms with Crippen molar-refractivity contribution >= 4 is 22.5 Å². The van der Waals surface area contributed by atoms with Gasteiger partial charge in [0, 0.05) is 18.7 Å². The summed E-state index contributed by atoms with van der Waals surface area (Å²) in [7, 11) is 3.03. The van der Waals surface area contributed by atoms with Crippen molar-refractivity contribution in [3.05, 3.63) is 34.4 Å².